The minimum atomic E-state index is -0.526. The zero-order valence-corrected chi connectivity index (χ0v) is 8.06. The second kappa shape index (κ2) is 6.02. The number of nitrogens with two attached hydrogens (primary N) is 1. The van der Waals surface area contributed by atoms with Crippen molar-refractivity contribution in [3.05, 3.63) is 0 Å². The molecule has 1 amide bonds. The number of carbonyl (C=O) groups is 2. The second-order valence-corrected chi connectivity index (χ2v) is 3.41. The van der Waals surface area contributed by atoms with Gasteiger partial charge in [0, 0.05) is 5.75 Å². The zero-order valence-electron chi connectivity index (χ0n) is 7.24. The van der Waals surface area contributed by atoms with Gasteiger partial charge < -0.3 is 15.8 Å². The van der Waals surface area contributed by atoms with Gasteiger partial charge in [-0.05, 0) is 13.2 Å². The van der Waals surface area contributed by atoms with E-state index in [0.717, 1.165) is 0 Å². The molecule has 0 spiro atoms. The lowest BCUT2D eigenvalue weighted by molar-refractivity contribution is -0.124. The molecule has 0 aliphatic carbocycles. The summed E-state index contributed by atoms with van der Waals surface area (Å²) in [5.41, 5.74) is 5.48. The lowest BCUT2D eigenvalue weighted by atomic mass is 10.3. The molecule has 12 heavy (non-hydrogen) atoms. The number of rotatable bonds is 5. The molecule has 0 unspecified atom stereocenters. The molecule has 2 atom stereocenters. The highest BCUT2D eigenvalue weighted by Gasteiger charge is 2.13. The number of nitrogens with one attached hydrogen (secondary N) is 1. The van der Waals surface area contributed by atoms with Gasteiger partial charge >= 0.3 is 0 Å². The van der Waals surface area contributed by atoms with E-state index in [2.05, 4.69) is 5.32 Å². The third-order valence-electron chi connectivity index (χ3n) is 1.26. The first-order chi connectivity index (χ1) is 5.61. The number of thioether (sulfide) groups is 1. The number of carbonyl (C=O) groups excluding carboxylic acids is 2. The summed E-state index contributed by atoms with van der Waals surface area (Å²) in [4.78, 5) is 21.3. The van der Waals surface area contributed by atoms with Crippen LogP contribution in [0.5, 0.6) is 0 Å². The summed E-state index contributed by atoms with van der Waals surface area (Å²) in [5, 5.41) is 2.47. The molecule has 0 bridgehead atoms. The van der Waals surface area contributed by atoms with E-state index in [4.69, 9.17) is 5.73 Å². The molecule has 5 heteroatoms. The molecule has 0 aliphatic heterocycles. The number of hydrogen-bond acceptors (Lipinski definition) is 4. The van der Waals surface area contributed by atoms with Gasteiger partial charge in [0.05, 0.1) is 12.1 Å². The average molecular weight is 190 g/mol. The molecule has 0 radical (unpaired) electrons. The van der Waals surface area contributed by atoms with E-state index < -0.39 is 12.1 Å². The van der Waals surface area contributed by atoms with Crippen molar-refractivity contribution in [1.29, 1.82) is 0 Å². The maximum absolute atomic E-state index is 11.1. The van der Waals surface area contributed by atoms with Crippen LogP contribution in [0.3, 0.4) is 0 Å². The molecule has 0 saturated heterocycles. The number of hydrogen-bond donors (Lipinski definition) is 2. The topological polar surface area (TPSA) is 72.2 Å². The van der Waals surface area contributed by atoms with E-state index in [1.54, 1.807) is 6.92 Å². The van der Waals surface area contributed by atoms with Gasteiger partial charge in [0.2, 0.25) is 5.91 Å². The van der Waals surface area contributed by atoms with E-state index in [1.165, 1.54) is 11.8 Å². The van der Waals surface area contributed by atoms with Crippen molar-refractivity contribution in [2.45, 2.75) is 19.0 Å². The van der Waals surface area contributed by atoms with Crippen molar-refractivity contribution in [1.82, 2.24) is 5.32 Å². The molecular weight excluding hydrogens is 176 g/mol. The lowest BCUT2D eigenvalue weighted by Crippen LogP contribution is -2.46. The molecule has 0 aromatic rings. The fraction of sp³-hybridized carbons (Fsp3) is 0.714. The predicted octanol–water partition coefficient (Wildman–Crippen LogP) is -0.620. The van der Waals surface area contributed by atoms with Crippen molar-refractivity contribution in [2.75, 3.05) is 12.0 Å². The van der Waals surface area contributed by atoms with Crippen molar-refractivity contribution in [3.8, 4) is 0 Å². The van der Waals surface area contributed by atoms with E-state index in [9.17, 15) is 9.59 Å². The van der Waals surface area contributed by atoms with Crippen LogP contribution in [0.2, 0.25) is 0 Å². The van der Waals surface area contributed by atoms with Gasteiger partial charge in [-0.3, -0.25) is 4.79 Å². The first-order valence-electron chi connectivity index (χ1n) is 3.62. The largest absolute Gasteiger partial charge is 0.346 e. The van der Waals surface area contributed by atoms with Gasteiger partial charge in [-0.25, -0.2) is 0 Å². The molecule has 70 valence electrons. The maximum Gasteiger partial charge on any atom is 0.238 e. The van der Waals surface area contributed by atoms with Gasteiger partial charge in [-0.15, -0.1) is 0 Å². The van der Waals surface area contributed by atoms with Crippen LogP contribution < -0.4 is 11.1 Å². The summed E-state index contributed by atoms with van der Waals surface area (Å²) >= 11 is 1.50. The quantitative estimate of drug-likeness (QED) is 0.567. The summed E-state index contributed by atoms with van der Waals surface area (Å²) in [6.07, 6.45) is 2.54. The predicted molar refractivity (Wildman–Crippen MR) is 50.0 cm³/mol. The normalized spacial score (nSPS) is 14.9. The average Bonchev–Trinajstić information content (AvgIpc) is 2.04. The molecule has 0 aromatic heterocycles. The Labute approximate surface area is 76.3 Å². The Hall–Kier alpha value is -0.550. The third kappa shape index (κ3) is 4.35. The van der Waals surface area contributed by atoms with Crippen LogP contribution in [0, 0.1) is 0 Å². The van der Waals surface area contributed by atoms with Crippen LogP contribution in [0.25, 0.3) is 0 Å². The van der Waals surface area contributed by atoms with Crippen molar-refractivity contribution < 1.29 is 9.59 Å². The van der Waals surface area contributed by atoms with Crippen LogP contribution in [0.1, 0.15) is 6.92 Å². The van der Waals surface area contributed by atoms with Crippen LogP contribution in [0.4, 0.5) is 0 Å². The minimum absolute atomic E-state index is 0.274. The van der Waals surface area contributed by atoms with Gasteiger partial charge in [-0.1, -0.05) is 0 Å². The summed E-state index contributed by atoms with van der Waals surface area (Å²) in [7, 11) is 0. The summed E-state index contributed by atoms with van der Waals surface area (Å²) in [5.74, 6) is 0.293. The lowest BCUT2D eigenvalue weighted by Gasteiger charge is -2.12. The molecule has 0 aliphatic rings. The Morgan fingerprint density at radius 3 is 2.75 bits per heavy atom. The summed E-state index contributed by atoms with van der Waals surface area (Å²) in [6.45, 7) is 1.61. The van der Waals surface area contributed by atoms with Crippen molar-refractivity contribution in [3.63, 3.8) is 0 Å². The van der Waals surface area contributed by atoms with E-state index in [-0.39, 0.29) is 5.91 Å². The Kier molecular flexibility index (Phi) is 5.74. The van der Waals surface area contributed by atoms with Crippen LogP contribution in [-0.4, -0.2) is 36.3 Å². The third-order valence-corrected chi connectivity index (χ3v) is 1.95. The van der Waals surface area contributed by atoms with E-state index in [1.807, 2.05) is 6.26 Å². The second-order valence-electron chi connectivity index (χ2n) is 2.50. The number of amides is 1. The molecule has 0 heterocycles. The maximum atomic E-state index is 11.1. The molecule has 0 saturated carbocycles. The Bertz CT molecular complexity index is 163. The summed E-state index contributed by atoms with van der Waals surface area (Å²) in [6, 6.07) is -0.979. The van der Waals surface area contributed by atoms with E-state index >= 15 is 0 Å². The Balaban J connectivity index is 3.78. The molecule has 4 nitrogen and oxygen atoms in total. The SMILES string of the molecule is CSC[C@H](N)C(=O)N[C@@H](C)C=O. The standard InChI is InChI=1S/C7H14N2O2S/c1-5(3-10)9-7(11)6(8)4-12-2/h3,5-6H,4,8H2,1-2H3,(H,9,11)/t5-,6-/m0/s1. The monoisotopic (exact) mass is 190 g/mol. The first-order valence-corrected chi connectivity index (χ1v) is 5.01. The number of aldehydes is 1. The zero-order chi connectivity index (χ0) is 9.56. The van der Waals surface area contributed by atoms with Crippen molar-refractivity contribution in [2.24, 2.45) is 5.73 Å². The highest BCUT2D eigenvalue weighted by molar-refractivity contribution is 7.98. The molecule has 0 fully saturated rings. The van der Waals surface area contributed by atoms with Crippen molar-refractivity contribution >= 4 is 24.0 Å². The smallest absolute Gasteiger partial charge is 0.238 e. The molecule has 0 aromatic carbocycles. The fourth-order valence-corrected chi connectivity index (χ4v) is 1.13. The van der Waals surface area contributed by atoms with Gasteiger partial charge in [0.1, 0.15) is 6.29 Å². The Morgan fingerprint density at radius 2 is 2.33 bits per heavy atom. The fourth-order valence-electron chi connectivity index (χ4n) is 0.621. The van der Waals surface area contributed by atoms with Gasteiger partial charge in [0.15, 0.2) is 0 Å². The summed E-state index contributed by atoms with van der Waals surface area (Å²) < 4.78 is 0. The minimum Gasteiger partial charge on any atom is -0.346 e. The molecule has 3 N–H and O–H groups in total. The molecular formula is C7H14N2O2S. The first kappa shape index (κ1) is 11.4. The highest BCUT2D eigenvalue weighted by Crippen LogP contribution is 1.94. The Morgan fingerprint density at radius 1 is 1.75 bits per heavy atom. The highest BCUT2D eigenvalue weighted by atomic mass is 32.2. The van der Waals surface area contributed by atoms with Crippen LogP contribution in [0.15, 0.2) is 0 Å². The van der Waals surface area contributed by atoms with Crippen LogP contribution in [-0.2, 0) is 9.59 Å². The van der Waals surface area contributed by atoms with Gasteiger partial charge in [-0.2, -0.15) is 11.8 Å². The van der Waals surface area contributed by atoms with E-state index in [0.29, 0.717) is 12.0 Å². The molecule has 0 rings (SSSR count). The van der Waals surface area contributed by atoms with Crippen LogP contribution >= 0.6 is 11.8 Å². The van der Waals surface area contributed by atoms with Gasteiger partial charge in [0.25, 0.3) is 0 Å².